The second-order valence-corrected chi connectivity index (χ2v) is 4.55. The van der Waals surface area contributed by atoms with Gasteiger partial charge in [0.05, 0.1) is 0 Å². The first kappa shape index (κ1) is 14.0. The molecule has 0 aromatic heterocycles. The van der Waals surface area contributed by atoms with Crippen molar-refractivity contribution < 1.29 is 4.39 Å². The van der Waals surface area contributed by atoms with Crippen molar-refractivity contribution in [2.24, 2.45) is 11.7 Å². The molecule has 1 atom stereocenters. The van der Waals surface area contributed by atoms with Gasteiger partial charge in [-0.1, -0.05) is 6.92 Å². The molecule has 1 aromatic carbocycles. The van der Waals surface area contributed by atoms with Crippen LogP contribution in [0.5, 0.6) is 0 Å². The van der Waals surface area contributed by atoms with Gasteiger partial charge in [-0.25, -0.2) is 4.39 Å². The Hall–Kier alpha value is -1.09. The van der Waals surface area contributed by atoms with E-state index in [1.165, 1.54) is 12.1 Å². The lowest BCUT2D eigenvalue weighted by Crippen LogP contribution is -2.28. The minimum absolute atomic E-state index is 0.180. The third kappa shape index (κ3) is 4.73. The number of nitrogens with zero attached hydrogens (tertiary/aromatic N) is 1. The molecule has 1 unspecified atom stereocenters. The average Bonchev–Trinajstić information content (AvgIpc) is 2.34. The summed E-state index contributed by atoms with van der Waals surface area (Å²) in [5.41, 5.74) is 6.60. The molecule has 2 nitrogen and oxygen atoms in total. The van der Waals surface area contributed by atoms with E-state index in [2.05, 4.69) is 18.7 Å². The Morgan fingerprint density at radius 3 is 2.47 bits per heavy atom. The first-order chi connectivity index (χ1) is 8.17. The van der Waals surface area contributed by atoms with Crippen molar-refractivity contribution in [1.29, 1.82) is 0 Å². The minimum Gasteiger partial charge on any atom is -0.372 e. The predicted octanol–water partition coefficient (Wildman–Crippen LogP) is 3.03. The molecule has 2 N–H and O–H groups in total. The van der Waals surface area contributed by atoms with Crippen LogP contribution in [0, 0.1) is 11.7 Å². The van der Waals surface area contributed by atoms with Crippen LogP contribution < -0.4 is 10.6 Å². The lowest BCUT2D eigenvalue weighted by molar-refractivity contribution is 0.506. The molecule has 0 fully saturated rings. The topological polar surface area (TPSA) is 29.3 Å². The van der Waals surface area contributed by atoms with Crippen molar-refractivity contribution in [2.75, 3.05) is 24.5 Å². The monoisotopic (exact) mass is 238 g/mol. The SMILES string of the molecule is CCN(CC(C)CCCN)c1ccc(F)cc1. The molecule has 0 heterocycles. The zero-order valence-corrected chi connectivity index (χ0v) is 10.8. The summed E-state index contributed by atoms with van der Waals surface area (Å²) in [6, 6.07) is 6.72. The summed E-state index contributed by atoms with van der Waals surface area (Å²) in [6.45, 7) is 7.06. The largest absolute Gasteiger partial charge is 0.372 e. The van der Waals surface area contributed by atoms with Crippen LogP contribution in [0.1, 0.15) is 26.7 Å². The van der Waals surface area contributed by atoms with Gasteiger partial charge in [0, 0.05) is 18.8 Å². The number of hydrogen-bond donors (Lipinski definition) is 1. The van der Waals surface area contributed by atoms with Crippen molar-refractivity contribution >= 4 is 5.69 Å². The Kier molecular flexibility index (Phi) is 5.98. The normalized spacial score (nSPS) is 12.5. The summed E-state index contributed by atoms with van der Waals surface area (Å²) in [6.07, 6.45) is 2.22. The summed E-state index contributed by atoms with van der Waals surface area (Å²) in [5.74, 6) is 0.435. The fourth-order valence-corrected chi connectivity index (χ4v) is 2.00. The Labute approximate surface area is 104 Å². The van der Waals surface area contributed by atoms with Crippen LogP contribution in [0.15, 0.2) is 24.3 Å². The van der Waals surface area contributed by atoms with E-state index in [0.717, 1.165) is 38.2 Å². The molecule has 0 saturated heterocycles. The Balaban J connectivity index is 2.56. The van der Waals surface area contributed by atoms with Gasteiger partial charge in [0.15, 0.2) is 0 Å². The molecule has 0 aliphatic heterocycles. The van der Waals surface area contributed by atoms with Gasteiger partial charge in [-0.05, 0) is 56.5 Å². The predicted molar refractivity (Wildman–Crippen MR) is 71.7 cm³/mol. The zero-order chi connectivity index (χ0) is 12.7. The van der Waals surface area contributed by atoms with Crippen LogP contribution in [0.4, 0.5) is 10.1 Å². The molecule has 0 aliphatic rings. The van der Waals surface area contributed by atoms with E-state index in [0.29, 0.717) is 5.92 Å². The lowest BCUT2D eigenvalue weighted by Gasteiger charge is -2.26. The molecule has 96 valence electrons. The number of anilines is 1. The van der Waals surface area contributed by atoms with Gasteiger partial charge in [0.25, 0.3) is 0 Å². The molecule has 0 saturated carbocycles. The number of halogens is 1. The van der Waals surface area contributed by atoms with Gasteiger partial charge in [-0.3, -0.25) is 0 Å². The molecule has 0 radical (unpaired) electrons. The smallest absolute Gasteiger partial charge is 0.123 e. The molecular weight excluding hydrogens is 215 g/mol. The van der Waals surface area contributed by atoms with Gasteiger partial charge >= 0.3 is 0 Å². The van der Waals surface area contributed by atoms with E-state index in [1.807, 2.05) is 12.1 Å². The second-order valence-electron chi connectivity index (χ2n) is 4.55. The fourth-order valence-electron chi connectivity index (χ4n) is 2.00. The maximum Gasteiger partial charge on any atom is 0.123 e. The Bertz CT molecular complexity index is 311. The van der Waals surface area contributed by atoms with E-state index in [4.69, 9.17) is 5.73 Å². The Morgan fingerprint density at radius 2 is 1.94 bits per heavy atom. The summed E-state index contributed by atoms with van der Waals surface area (Å²) in [4.78, 5) is 2.28. The quantitative estimate of drug-likeness (QED) is 0.791. The minimum atomic E-state index is -0.180. The fraction of sp³-hybridized carbons (Fsp3) is 0.571. The van der Waals surface area contributed by atoms with Crippen molar-refractivity contribution in [3.05, 3.63) is 30.1 Å². The van der Waals surface area contributed by atoms with Crippen LogP contribution in [-0.4, -0.2) is 19.6 Å². The second kappa shape index (κ2) is 7.28. The molecule has 1 aromatic rings. The van der Waals surface area contributed by atoms with Crippen LogP contribution >= 0.6 is 0 Å². The third-order valence-corrected chi connectivity index (χ3v) is 3.01. The highest BCUT2D eigenvalue weighted by molar-refractivity contribution is 5.46. The first-order valence-corrected chi connectivity index (χ1v) is 6.38. The molecule has 0 bridgehead atoms. The number of nitrogens with two attached hydrogens (primary N) is 1. The molecule has 3 heteroatoms. The number of hydrogen-bond acceptors (Lipinski definition) is 2. The maximum atomic E-state index is 12.9. The van der Waals surface area contributed by atoms with Crippen LogP contribution in [0.3, 0.4) is 0 Å². The molecular formula is C14H23FN2. The van der Waals surface area contributed by atoms with E-state index in [-0.39, 0.29) is 5.82 Å². The standard InChI is InChI=1S/C14H23FN2/c1-3-17(11-12(2)5-4-10-16)14-8-6-13(15)7-9-14/h6-9,12H,3-5,10-11,16H2,1-2H3. The molecule has 17 heavy (non-hydrogen) atoms. The zero-order valence-electron chi connectivity index (χ0n) is 10.8. The lowest BCUT2D eigenvalue weighted by atomic mass is 10.0. The average molecular weight is 238 g/mol. The van der Waals surface area contributed by atoms with E-state index >= 15 is 0 Å². The van der Waals surface area contributed by atoms with Crippen molar-refractivity contribution in [3.63, 3.8) is 0 Å². The summed E-state index contributed by atoms with van der Waals surface area (Å²) in [5, 5.41) is 0. The van der Waals surface area contributed by atoms with Crippen molar-refractivity contribution in [3.8, 4) is 0 Å². The van der Waals surface area contributed by atoms with Crippen LogP contribution in [0.25, 0.3) is 0 Å². The van der Waals surface area contributed by atoms with E-state index in [1.54, 1.807) is 0 Å². The molecule has 0 amide bonds. The summed E-state index contributed by atoms with van der Waals surface area (Å²) in [7, 11) is 0. The van der Waals surface area contributed by atoms with Crippen LogP contribution in [-0.2, 0) is 0 Å². The molecule has 1 rings (SSSR count). The van der Waals surface area contributed by atoms with Crippen molar-refractivity contribution in [1.82, 2.24) is 0 Å². The molecule has 0 spiro atoms. The van der Waals surface area contributed by atoms with Gasteiger partial charge in [-0.15, -0.1) is 0 Å². The van der Waals surface area contributed by atoms with Gasteiger partial charge < -0.3 is 10.6 Å². The van der Waals surface area contributed by atoms with E-state index in [9.17, 15) is 4.39 Å². The van der Waals surface area contributed by atoms with E-state index < -0.39 is 0 Å². The molecule has 0 aliphatic carbocycles. The highest BCUT2D eigenvalue weighted by atomic mass is 19.1. The van der Waals surface area contributed by atoms with Gasteiger partial charge in [-0.2, -0.15) is 0 Å². The first-order valence-electron chi connectivity index (χ1n) is 6.38. The van der Waals surface area contributed by atoms with Gasteiger partial charge in [0.2, 0.25) is 0 Å². The third-order valence-electron chi connectivity index (χ3n) is 3.01. The Morgan fingerprint density at radius 1 is 1.29 bits per heavy atom. The maximum absolute atomic E-state index is 12.9. The highest BCUT2D eigenvalue weighted by Gasteiger charge is 2.09. The van der Waals surface area contributed by atoms with Crippen LogP contribution in [0.2, 0.25) is 0 Å². The van der Waals surface area contributed by atoms with Crippen molar-refractivity contribution in [2.45, 2.75) is 26.7 Å². The summed E-state index contributed by atoms with van der Waals surface area (Å²) >= 11 is 0. The van der Waals surface area contributed by atoms with Gasteiger partial charge in [0.1, 0.15) is 5.82 Å². The number of rotatable bonds is 7. The highest BCUT2D eigenvalue weighted by Crippen LogP contribution is 2.17. The number of benzene rings is 1. The summed E-state index contributed by atoms with van der Waals surface area (Å²) < 4.78 is 12.9.